The molecule has 0 unspecified atom stereocenters. The number of anilines is 1. The van der Waals surface area contributed by atoms with Gasteiger partial charge >= 0.3 is 6.18 Å². The molecular formula is C15H13F3N4O. The Morgan fingerprint density at radius 2 is 1.91 bits per heavy atom. The zero-order valence-electron chi connectivity index (χ0n) is 11.9. The summed E-state index contributed by atoms with van der Waals surface area (Å²) in [6.07, 6.45) is -3.03. The summed E-state index contributed by atoms with van der Waals surface area (Å²) in [5.41, 5.74) is 4.76. The lowest BCUT2D eigenvalue weighted by Gasteiger charge is -2.14. The van der Waals surface area contributed by atoms with Crippen LogP contribution in [0.2, 0.25) is 0 Å². The van der Waals surface area contributed by atoms with E-state index < -0.39 is 23.2 Å². The highest BCUT2D eigenvalue weighted by molar-refractivity contribution is 5.97. The second-order valence-corrected chi connectivity index (χ2v) is 5.35. The van der Waals surface area contributed by atoms with Crippen molar-refractivity contribution in [1.29, 1.82) is 0 Å². The highest BCUT2D eigenvalue weighted by Crippen LogP contribution is 2.34. The van der Waals surface area contributed by atoms with Gasteiger partial charge in [-0.3, -0.25) is 4.79 Å². The number of nitrogens with two attached hydrogens (primary N) is 1. The standard InChI is InChI=1S/C15H13F3N4O/c16-15(17,18)11-4-1-8(12-5-6-13(19)22-21-12)7-10(11)14(23)20-9-2-3-9/h1,4-7,9H,2-3H2,(H2,19,22)(H,20,23). The van der Waals surface area contributed by atoms with Gasteiger partial charge in [0.25, 0.3) is 5.91 Å². The summed E-state index contributed by atoms with van der Waals surface area (Å²) in [5, 5.41) is 10.1. The molecule has 2 aromatic rings. The molecule has 1 aromatic carbocycles. The highest BCUT2D eigenvalue weighted by atomic mass is 19.4. The van der Waals surface area contributed by atoms with E-state index in [0.29, 0.717) is 11.3 Å². The topological polar surface area (TPSA) is 80.9 Å². The van der Waals surface area contributed by atoms with E-state index in [1.54, 1.807) is 0 Å². The summed E-state index contributed by atoms with van der Waals surface area (Å²) < 4.78 is 39.4. The quantitative estimate of drug-likeness (QED) is 0.910. The zero-order chi connectivity index (χ0) is 16.6. The summed E-state index contributed by atoms with van der Waals surface area (Å²) >= 11 is 0. The number of benzene rings is 1. The Morgan fingerprint density at radius 1 is 1.17 bits per heavy atom. The van der Waals surface area contributed by atoms with Gasteiger partial charge in [-0.1, -0.05) is 6.07 Å². The van der Waals surface area contributed by atoms with E-state index in [-0.39, 0.29) is 11.9 Å². The minimum absolute atomic E-state index is 0.0384. The van der Waals surface area contributed by atoms with Gasteiger partial charge in [0.1, 0.15) is 5.82 Å². The molecule has 0 bridgehead atoms. The summed E-state index contributed by atoms with van der Waals surface area (Å²) in [6.45, 7) is 0. The number of nitrogens with zero attached hydrogens (tertiary/aromatic N) is 2. The number of rotatable bonds is 3. The van der Waals surface area contributed by atoms with Crippen LogP contribution in [0.3, 0.4) is 0 Å². The van der Waals surface area contributed by atoms with E-state index >= 15 is 0 Å². The molecule has 0 saturated heterocycles. The van der Waals surface area contributed by atoms with Crippen LogP contribution < -0.4 is 11.1 Å². The average molecular weight is 322 g/mol. The molecule has 120 valence electrons. The molecule has 1 amide bonds. The van der Waals surface area contributed by atoms with Crippen LogP contribution >= 0.6 is 0 Å². The Balaban J connectivity index is 2.03. The molecule has 1 aliphatic rings. The predicted octanol–water partition coefficient (Wildman–Crippen LogP) is 2.64. The third-order valence-corrected chi connectivity index (χ3v) is 3.46. The van der Waals surface area contributed by atoms with E-state index in [4.69, 9.17) is 5.73 Å². The van der Waals surface area contributed by atoms with Crippen molar-refractivity contribution in [3.63, 3.8) is 0 Å². The summed E-state index contributed by atoms with van der Waals surface area (Å²) in [7, 11) is 0. The van der Waals surface area contributed by atoms with Crippen LogP contribution in [0.25, 0.3) is 11.3 Å². The van der Waals surface area contributed by atoms with Crippen LogP contribution in [-0.2, 0) is 6.18 Å². The molecule has 0 atom stereocenters. The van der Waals surface area contributed by atoms with E-state index in [1.807, 2.05) is 0 Å². The number of amides is 1. The number of alkyl halides is 3. The molecule has 3 N–H and O–H groups in total. The molecule has 1 aliphatic carbocycles. The number of halogens is 3. The molecule has 1 fully saturated rings. The Kier molecular flexibility index (Phi) is 3.67. The lowest BCUT2D eigenvalue weighted by Crippen LogP contribution is -2.28. The van der Waals surface area contributed by atoms with Crippen molar-refractivity contribution in [3.8, 4) is 11.3 Å². The average Bonchev–Trinajstić information content (AvgIpc) is 3.30. The smallest absolute Gasteiger partial charge is 0.382 e. The SMILES string of the molecule is Nc1ccc(-c2ccc(C(F)(F)F)c(C(=O)NC3CC3)c2)nn1. The molecule has 5 nitrogen and oxygen atoms in total. The van der Waals surface area contributed by atoms with E-state index in [9.17, 15) is 18.0 Å². The molecule has 0 radical (unpaired) electrons. The zero-order valence-corrected chi connectivity index (χ0v) is 11.9. The highest BCUT2D eigenvalue weighted by Gasteiger charge is 2.36. The largest absolute Gasteiger partial charge is 0.417 e. The molecule has 0 aliphatic heterocycles. The second kappa shape index (κ2) is 5.53. The number of nitrogens with one attached hydrogen (secondary N) is 1. The van der Waals surface area contributed by atoms with Gasteiger partial charge in [0.05, 0.1) is 16.8 Å². The van der Waals surface area contributed by atoms with Gasteiger partial charge < -0.3 is 11.1 Å². The summed E-state index contributed by atoms with van der Waals surface area (Å²) in [4.78, 5) is 12.1. The normalized spacial score (nSPS) is 14.6. The molecule has 1 saturated carbocycles. The molecule has 8 heteroatoms. The number of carbonyl (C=O) groups is 1. The molecule has 1 aromatic heterocycles. The first-order valence-electron chi connectivity index (χ1n) is 6.96. The van der Waals surface area contributed by atoms with Crippen LogP contribution in [0, 0.1) is 0 Å². The third-order valence-electron chi connectivity index (χ3n) is 3.46. The van der Waals surface area contributed by atoms with Crippen LogP contribution in [-0.4, -0.2) is 22.1 Å². The maximum absolute atomic E-state index is 13.1. The Bertz CT molecular complexity index is 739. The summed E-state index contributed by atoms with van der Waals surface area (Å²) in [6, 6.07) is 6.31. The predicted molar refractivity (Wildman–Crippen MR) is 77.4 cm³/mol. The first kappa shape index (κ1) is 15.3. The van der Waals surface area contributed by atoms with Crippen LogP contribution in [0.4, 0.5) is 19.0 Å². The van der Waals surface area contributed by atoms with Crippen molar-refractivity contribution in [2.75, 3.05) is 5.73 Å². The fourth-order valence-electron chi connectivity index (χ4n) is 2.13. The number of hydrogen-bond donors (Lipinski definition) is 2. The van der Waals surface area contributed by atoms with Crippen molar-refractivity contribution in [2.24, 2.45) is 0 Å². The Morgan fingerprint density at radius 3 is 2.48 bits per heavy atom. The van der Waals surface area contributed by atoms with Crippen molar-refractivity contribution >= 4 is 11.7 Å². The minimum Gasteiger partial charge on any atom is -0.382 e. The lowest BCUT2D eigenvalue weighted by atomic mass is 10.0. The van der Waals surface area contributed by atoms with Gasteiger partial charge in [-0.2, -0.15) is 13.2 Å². The Labute approximate surface area is 129 Å². The first-order chi connectivity index (χ1) is 10.8. The van der Waals surface area contributed by atoms with Gasteiger partial charge in [0.15, 0.2) is 0 Å². The maximum Gasteiger partial charge on any atom is 0.417 e. The number of carbonyl (C=O) groups excluding carboxylic acids is 1. The van der Waals surface area contributed by atoms with Crippen molar-refractivity contribution < 1.29 is 18.0 Å². The van der Waals surface area contributed by atoms with Gasteiger partial charge in [-0.05, 0) is 37.1 Å². The van der Waals surface area contributed by atoms with Crippen LogP contribution in [0.5, 0.6) is 0 Å². The van der Waals surface area contributed by atoms with Crippen LogP contribution in [0.1, 0.15) is 28.8 Å². The fraction of sp³-hybridized carbons (Fsp3) is 0.267. The minimum atomic E-state index is -4.61. The number of nitrogen functional groups attached to an aromatic ring is 1. The van der Waals surface area contributed by atoms with Gasteiger partial charge in [0.2, 0.25) is 0 Å². The van der Waals surface area contributed by atoms with Gasteiger partial charge in [-0.25, -0.2) is 0 Å². The van der Waals surface area contributed by atoms with E-state index in [1.165, 1.54) is 24.3 Å². The second-order valence-electron chi connectivity index (χ2n) is 5.35. The molecule has 1 heterocycles. The Hall–Kier alpha value is -2.64. The van der Waals surface area contributed by atoms with E-state index in [0.717, 1.165) is 18.9 Å². The van der Waals surface area contributed by atoms with Gasteiger partial charge in [0, 0.05) is 11.6 Å². The molecular weight excluding hydrogens is 309 g/mol. The van der Waals surface area contributed by atoms with Crippen LogP contribution in [0.15, 0.2) is 30.3 Å². The maximum atomic E-state index is 13.1. The van der Waals surface area contributed by atoms with Crippen molar-refractivity contribution in [2.45, 2.75) is 25.1 Å². The fourth-order valence-corrected chi connectivity index (χ4v) is 2.13. The molecule has 0 spiro atoms. The molecule has 3 rings (SSSR count). The third kappa shape index (κ3) is 3.41. The first-order valence-corrected chi connectivity index (χ1v) is 6.96. The number of aromatic nitrogens is 2. The number of hydrogen-bond acceptors (Lipinski definition) is 4. The van der Waals surface area contributed by atoms with Crippen molar-refractivity contribution in [1.82, 2.24) is 15.5 Å². The summed E-state index contributed by atoms with van der Waals surface area (Å²) in [5.74, 6) is -0.530. The lowest BCUT2D eigenvalue weighted by molar-refractivity contribution is -0.137. The monoisotopic (exact) mass is 322 g/mol. The van der Waals surface area contributed by atoms with Crippen molar-refractivity contribution in [3.05, 3.63) is 41.5 Å². The van der Waals surface area contributed by atoms with Gasteiger partial charge in [-0.15, -0.1) is 10.2 Å². The molecule has 23 heavy (non-hydrogen) atoms. The van der Waals surface area contributed by atoms with E-state index in [2.05, 4.69) is 15.5 Å².